The molecule has 3 heterocycles. The van der Waals surface area contributed by atoms with E-state index < -0.39 is 0 Å². The van der Waals surface area contributed by atoms with Crippen molar-refractivity contribution in [3.8, 4) is 0 Å². The number of esters is 1. The lowest BCUT2D eigenvalue weighted by molar-refractivity contribution is -0.138. The molecular formula is C15H22N2O3. The summed E-state index contributed by atoms with van der Waals surface area (Å²) in [6.07, 6.45) is 2.71. The second-order valence-electron chi connectivity index (χ2n) is 6.33. The number of carbonyl (C=O) groups excluding carboxylic acids is 2. The van der Waals surface area contributed by atoms with E-state index >= 15 is 0 Å². The zero-order valence-corrected chi connectivity index (χ0v) is 12.2. The molecule has 3 rings (SSSR count). The van der Waals surface area contributed by atoms with Gasteiger partial charge in [-0.25, -0.2) is 4.79 Å². The molecule has 3 aliphatic heterocycles. The number of piperidine rings is 1. The fourth-order valence-electron chi connectivity index (χ4n) is 3.65. The minimum absolute atomic E-state index is 0.0948. The maximum Gasteiger partial charge on any atom is 0.336 e. The second kappa shape index (κ2) is 4.88. The summed E-state index contributed by atoms with van der Waals surface area (Å²) in [5, 5.41) is 3.31. The molecule has 0 bridgehead atoms. The average Bonchev–Trinajstić information content (AvgIpc) is 2.94. The molecule has 0 unspecified atom stereocenters. The van der Waals surface area contributed by atoms with Crippen LogP contribution in [0, 0.1) is 11.3 Å². The molecule has 2 saturated heterocycles. The smallest absolute Gasteiger partial charge is 0.336 e. The van der Waals surface area contributed by atoms with E-state index in [1.807, 2.05) is 18.7 Å². The first-order valence-electron chi connectivity index (χ1n) is 7.48. The Morgan fingerprint density at radius 3 is 2.55 bits per heavy atom. The highest BCUT2D eigenvalue weighted by Crippen LogP contribution is 2.42. The second-order valence-corrected chi connectivity index (χ2v) is 6.33. The summed E-state index contributed by atoms with van der Waals surface area (Å²) in [6, 6.07) is 0. The van der Waals surface area contributed by atoms with Crippen molar-refractivity contribution in [3.63, 3.8) is 0 Å². The Hall–Kier alpha value is -1.36. The van der Waals surface area contributed by atoms with Crippen LogP contribution in [0.1, 0.15) is 33.1 Å². The average molecular weight is 278 g/mol. The van der Waals surface area contributed by atoms with E-state index in [4.69, 9.17) is 4.74 Å². The summed E-state index contributed by atoms with van der Waals surface area (Å²) in [5.41, 5.74) is 1.29. The standard InChI is InChI=1S/C15H22N2O3/c1-10(2)12-11(9-20-13(12)18)17-8-5-15(14(17)19)3-6-16-7-4-15/h10,16H,3-9H2,1-2H3. The maximum absolute atomic E-state index is 12.8. The largest absolute Gasteiger partial charge is 0.456 e. The van der Waals surface area contributed by atoms with Crippen molar-refractivity contribution >= 4 is 11.9 Å². The molecule has 0 aliphatic carbocycles. The van der Waals surface area contributed by atoms with Crippen LogP contribution >= 0.6 is 0 Å². The predicted molar refractivity (Wildman–Crippen MR) is 73.7 cm³/mol. The molecule has 5 heteroatoms. The van der Waals surface area contributed by atoms with Gasteiger partial charge in [-0.2, -0.15) is 0 Å². The third kappa shape index (κ3) is 1.95. The van der Waals surface area contributed by atoms with Gasteiger partial charge in [0.15, 0.2) is 0 Å². The summed E-state index contributed by atoms with van der Waals surface area (Å²) in [6.45, 7) is 6.75. The molecule has 5 nitrogen and oxygen atoms in total. The lowest BCUT2D eigenvalue weighted by Crippen LogP contribution is -2.42. The van der Waals surface area contributed by atoms with Gasteiger partial charge >= 0.3 is 5.97 Å². The first kappa shape index (κ1) is 13.6. The minimum atomic E-state index is -0.255. The number of nitrogens with one attached hydrogen (secondary N) is 1. The van der Waals surface area contributed by atoms with Crippen molar-refractivity contribution in [2.24, 2.45) is 11.3 Å². The zero-order chi connectivity index (χ0) is 14.3. The van der Waals surface area contributed by atoms with Gasteiger partial charge in [-0.05, 0) is 38.3 Å². The molecule has 0 radical (unpaired) electrons. The molecule has 2 fully saturated rings. The number of ether oxygens (including phenoxy) is 1. The van der Waals surface area contributed by atoms with Crippen molar-refractivity contribution in [3.05, 3.63) is 11.3 Å². The number of hydrogen-bond acceptors (Lipinski definition) is 4. The van der Waals surface area contributed by atoms with Gasteiger partial charge in [0.1, 0.15) is 6.61 Å². The van der Waals surface area contributed by atoms with Crippen LogP contribution in [0.2, 0.25) is 0 Å². The summed E-state index contributed by atoms with van der Waals surface area (Å²) in [4.78, 5) is 26.5. The number of cyclic esters (lactones) is 1. The van der Waals surface area contributed by atoms with Crippen LogP contribution in [0.5, 0.6) is 0 Å². The molecule has 0 saturated carbocycles. The molecule has 0 atom stereocenters. The molecular weight excluding hydrogens is 256 g/mol. The van der Waals surface area contributed by atoms with E-state index in [1.54, 1.807) is 0 Å². The lowest BCUT2D eigenvalue weighted by Gasteiger charge is -2.32. The van der Waals surface area contributed by atoms with Gasteiger partial charge in [-0.1, -0.05) is 13.8 Å². The maximum atomic E-state index is 12.8. The van der Waals surface area contributed by atoms with Crippen LogP contribution < -0.4 is 5.32 Å². The number of nitrogens with zero attached hydrogens (tertiary/aromatic N) is 1. The number of amides is 1. The Morgan fingerprint density at radius 2 is 1.90 bits per heavy atom. The van der Waals surface area contributed by atoms with Crippen LogP contribution in [0.25, 0.3) is 0 Å². The van der Waals surface area contributed by atoms with Crippen LogP contribution in [0.15, 0.2) is 11.3 Å². The molecule has 1 N–H and O–H groups in total. The molecule has 0 aromatic carbocycles. The Labute approximate surface area is 119 Å². The van der Waals surface area contributed by atoms with E-state index in [-0.39, 0.29) is 29.8 Å². The molecule has 110 valence electrons. The van der Waals surface area contributed by atoms with Crippen molar-refractivity contribution in [2.45, 2.75) is 33.1 Å². The molecule has 0 aromatic rings. The highest BCUT2D eigenvalue weighted by molar-refractivity contribution is 5.95. The van der Waals surface area contributed by atoms with Gasteiger partial charge in [0.05, 0.1) is 16.7 Å². The zero-order valence-electron chi connectivity index (χ0n) is 12.2. The first-order chi connectivity index (χ1) is 9.55. The van der Waals surface area contributed by atoms with E-state index in [0.717, 1.165) is 44.6 Å². The minimum Gasteiger partial charge on any atom is -0.456 e. The van der Waals surface area contributed by atoms with Gasteiger partial charge < -0.3 is 15.0 Å². The summed E-state index contributed by atoms with van der Waals surface area (Å²) in [7, 11) is 0. The van der Waals surface area contributed by atoms with Gasteiger partial charge in [0, 0.05) is 6.54 Å². The van der Waals surface area contributed by atoms with Crippen LogP contribution in [-0.4, -0.2) is 43.0 Å². The Morgan fingerprint density at radius 1 is 1.20 bits per heavy atom. The lowest BCUT2D eigenvalue weighted by atomic mass is 9.77. The van der Waals surface area contributed by atoms with Crippen molar-refractivity contribution in [1.29, 1.82) is 0 Å². The van der Waals surface area contributed by atoms with Gasteiger partial charge in [-0.3, -0.25) is 4.79 Å². The van der Waals surface area contributed by atoms with Crippen molar-refractivity contribution in [2.75, 3.05) is 26.2 Å². The normalized spacial score (nSPS) is 26.1. The van der Waals surface area contributed by atoms with Gasteiger partial charge in [0.2, 0.25) is 5.91 Å². The van der Waals surface area contributed by atoms with E-state index in [2.05, 4.69) is 5.32 Å². The fourth-order valence-corrected chi connectivity index (χ4v) is 3.65. The summed E-state index contributed by atoms with van der Waals surface area (Å²) in [5.74, 6) is 0.0388. The Balaban J connectivity index is 1.89. The Kier molecular flexibility index (Phi) is 3.32. The topological polar surface area (TPSA) is 58.6 Å². The predicted octanol–water partition coefficient (Wildman–Crippen LogP) is 1.06. The van der Waals surface area contributed by atoms with Crippen LogP contribution in [0.4, 0.5) is 0 Å². The quantitative estimate of drug-likeness (QED) is 0.767. The van der Waals surface area contributed by atoms with Crippen LogP contribution in [-0.2, 0) is 14.3 Å². The summed E-state index contributed by atoms with van der Waals surface area (Å²) < 4.78 is 5.16. The summed E-state index contributed by atoms with van der Waals surface area (Å²) >= 11 is 0. The number of hydrogen-bond donors (Lipinski definition) is 1. The van der Waals surface area contributed by atoms with E-state index in [1.165, 1.54) is 0 Å². The number of rotatable bonds is 2. The highest BCUT2D eigenvalue weighted by Gasteiger charge is 2.49. The number of likely N-dealkylation sites (tertiary alicyclic amines) is 1. The van der Waals surface area contributed by atoms with Crippen LogP contribution in [0.3, 0.4) is 0 Å². The van der Waals surface area contributed by atoms with Gasteiger partial charge in [0.25, 0.3) is 0 Å². The number of carbonyl (C=O) groups is 2. The molecule has 0 aromatic heterocycles. The molecule has 1 spiro atoms. The van der Waals surface area contributed by atoms with Crippen molar-refractivity contribution in [1.82, 2.24) is 10.2 Å². The SMILES string of the molecule is CC(C)C1=C(N2CCC3(CCNCC3)C2=O)COC1=O. The van der Waals surface area contributed by atoms with E-state index in [9.17, 15) is 9.59 Å². The molecule has 3 aliphatic rings. The van der Waals surface area contributed by atoms with Gasteiger partial charge in [-0.15, -0.1) is 0 Å². The van der Waals surface area contributed by atoms with Crippen molar-refractivity contribution < 1.29 is 14.3 Å². The van der Waals surface area contributed by atoms with E-state index in [0.29, 0.717) is 5.57 Å². The highest BCUT2D eigenvalue weighted by atomic mass is 16.5. The Bertz CT molecular complexity index is 476. The third-order valence-electron chi connectivity index (χ3n) is 4.85. The fraction of sp³-hybridized carbons (Fsp3) is 0.733. The monoisotopic (exact) mass is 278 g/mol. The third-order valence-corrected chi connectivity index (χ3v) is 4.85. The molecule has 20 heavy (non-hydrogen) atoms. The molecule has 1 amide bonds. The first-order valence-corrected chi connectivity index (χ1v) is 7.48.